The molecule has 3 rings (SSSR count). The standard InChI is InChI=1S/C13H13N3O3/c1-14-13-15-9(12(17)16(13)2)5-8-3-4-10-11(6-8)19-7-18-10/h3-6H,7H2,1-2H3,(H,14,15)/b9-5-. The summed E-state index contributed by atoms with van der Waals surface area (Å²) >= 11 is 0. The molecule has 6 heteroatoms. The average Bonchev–Trinajstić information content (AvgIpc) is 2.98. The molecule has 1 saturated heterocycles. The van der Waals surface area contributed by atoms with E-state index in [1.165, 1.54) is 4.90 Å². The topological polar surface area (TPSA) is 63.2 Å². The number of fused-ring (bicyclic) bond motifs is 1. The summed E-state index contributed by atoms with van der Waals surface area (Å²) in [6, 6.07) is 5.54. The van der Waals surface area contributed by atoms with Crippen molar-refractivity contribution in [3.63, 3.8) is 0 Å². The molecule has 19 heavy (non-hydrogen) atoms. The molecule has 1 N–H and O–H groups in total. The third kappa shape index (κ3) is 1.91. The van der Waals surface area contributed by atoms with Crippen LogP contribution >= 0.6 is 0 Å². The van der Waals surface area contributed by atoms with Gasteiger partial charge >= 0.3 is 0 Å². The van der Waals surface area contributed by atoms with Crippen molar-refractivity contribution >= 4 is 17.9 Å². The normalized spacial score (nSPS) is 21.4. The van der Waals surface area contributed by atoms with Crippen LogP contribution in [0.5, 0.6) is 11.5 Å². The minimum absolute atomic E-state index is 0.113. The molecule has 1 aromatic rings. The van der Waals surface area contributed by atoms with Gasteiger partial charge in [-0.3, -0.25) is 14.7 Å². The number of hydrogen-bond acceptors (Lipinski definition) is 4. The number of aliphatic imine (C=N–C) groups is 1. The number of hydrogen-bond donors (Lipinski definition) is 1. The number of benzene rings is 1. The Labute approximate surface area is 110 Å². The van der Waals surface area contributed by atoms with Gasteiger partial charge in [0.25, 0.3) is 5.91 Å². The second-order valence-corrected chi connectivity index (χ2v) is 4.21. The first kappa shape index (κ1) is 11.6. The number of ether oxygens (including phenoxy) is 2. The van der Waals surface area contributed by atoms with Crippen LogP contribution in [-0.2, 0) is 4.79 Å². The molecule has 0 aliphatic carbocycles. The summed E-state index contributed by atoms with van der Waals surface area (Å²) in [5.41, 5.74) is 1.35. The quantitative estimate of drug-likeness (QED) is 0.758. The van der Waals surface area contributed by atoms with E-state index >= 15 is 0 Å². The molecular formula is C13H13N3O3. The van der Waals surface area contributed by atoms with Crippen molar-refractivity contribution in [3.8, 4) is 11.5 Å². The minimum atomic E-state index is -0.113. The zero-order valence-electron chi connectivity index (χ0n) is 10.6. The van der Waals surface area contributed by atoms with E-state index in [4.69, 9.17) is 9.47 Å². The van der Waals surface area contributed by atoms with Crippen LogP contribution in [-0.4, -0.2) is 37.7 Å². The Hall–Kier alpha value is -2.50. The Balaban J connectivity index is 1.92. The van der Waals surface area contributed by atoms with Crippen molar-refractivity contribution in [2.45, 2.75) is 0 Å². The van der Waals surface area contributed by atoms with Crippen molar-refractivity contribution in [1.29, 1.82) is 0 Å². The first-order valence-electron chi connectivity index (χ1n) is 5.82. The summed E-state index contributed by atoms with van der Waals surface area (Å²) < 4.78 is 10.5. The van der Waals surface area contributed by atoms with E-state index in [0.29, 0.717) is 17.4 Å². The number of guanidine groups is 1. The number of rotatable bonds is 1. The molecule has 0 radical (unpaired) electrons. The molecular weight excluding hydrogens is 246 g/mol. The van der Waals surface area contributed by atoms with E-state index in [1.807, 2.05) is 18.2 Å². The van der Waals surface area contributed by atoms with Gasteiger partial charge in [0.15, 0.2) is 11.5 Å². The molecule has 2 aliphatic rings. The number of carbonyl (C=O) groups excluding carboxylic acids is 1. The maximum Gasteiger partial charge on any atom is 0.276 e. The monoisotopic (exact) mass is 259 g/mol. The number of nitrogens with zero attached hydrogens (tertiary/aromatic N) is 2. The van der Waals surface area contributed by atoms with E-state index in [0.717, 1.165) is 11.3 Å². The predicted octanol–water partition coefficient (Wildman–Crippen LogP) is 0.804. The SMILES string of the molecule is CN=C1N/C(=C\c2ccc3c(c2)OCO3)C(=O)N1C. The van der Waals surface area contributed by atoms with Gasteiger partial charge in [-0.2, -0.15) is 0 Å². The molecule has 98 valence electrons. The van der Waals surface area contributed by atoms with Crippen molar-refractivity contribution < 1.29 is 14.3 Å². The molecule has 6 nitrogen and oxygen atoms in total. The summed E-state index contributed by atoms with van der Waals surface area (Å²) in [6.07, 6.45) is 1.76. The van der Waals surface area contributed by atoms with E-state index in [-0.39, 0.29) is 12.7 Å². The van der Waals surface area contributed by atoms with Crippen LogP contribution < -0.4 is 14.8 Å². The molecule has 0 bridgehead atoms. The molecule has 1 amide bonds. The van der Waals surface area contributed by atoms with Crippen LogP contribution in [0.15, 0.2) is 28.9 Å². The molecule has 0 spiro atoms. The maximum atomic E-state index is 12.0. The lowest BCUT2D eigenvalue weighted by Gasteiger charge is -2.04. The smallest absolute Gasteiger partial charge is 0.276 e. The van der Waals surface area contributed by atoms with Crippen LogP contribution in [0.4, 0.5) is 0 Å². The van der Waals surface area contributed by atoms with E-state index in [9.17, 15) is 4.79 Å². The summed E-state index contributed by atoms with van der Waals surface area (Å²) in [5, 5.41) is 2.97. The zero-order chi connectivity index (χ0) is 13.4. The first-order chi connectivity index (χ1) is 9.19. The summed E-state index contributed by atoms with van der Waals surface area (Å²) in [6.45, 7) is 0.238. The Bertz CT molecular complexity index is 607. The minimum Gasteiger partial charge on any atom is -0.454 e. The van der Waals surface area contributed by atoms with Gasteiger partial charge < -0.3 is 14.8 Å². The van der Waals surface area contributed by atoms with Crippen LogP contribution in [0.1, 0.15) is 5.56 Å². The van der Waals surface area contributed by atoms with Gasteiger partial charge in [0.05, 0.1) is 0 Å². The summed E-state index contributed by atoms with van der Waals surface area (Å²) in [7, 11) is 3.31. The van der Waals surface area contributed by atoms with Gasteiger partial charge in [0.2, 0.25) is 12.8 Å². The van der Waals surface area contributed by atoms with Crippen molar-refractivity contribution in [2.75, 3.05) is 20.9 Å². The third-order valence-corrected chi connectivity index (χ3v) is 3.02. The van der Waals surface area contributed by atoms with Gasteiger partial charge in [-0.25, -0.2) is 0 Å². The Morgan fingerprint density at radius 2 is 2.16 bits per heavy atom. The van der Waals surface area contributed by atoms with E-state index in [2.05, 4.69) is 10.3 Å². The van der Waals surface area contributed by atoms with E-state index in [1.54, 1.807) is 20.2 Å². The average molecular weight is 259 g/mol. The second-order valence-electron chi connectivity index (χ2n) is 4.21. The lowest BCUT2D eigenvalue weighted by Crippen LogP contribution is -2.27. The second kappa shape index (κ2) is 4.31. The zero-order valence-corrected chi connectivity index (χ0v) is 10.6. The van der Waals surface area contributed by atoms with Crippen LogP contribution in [0, 0.1) is 0 Å². The van der Waals surface area contributed by atoms with Crippen LogP contribution in [0.3, 0.4) is 0 Å². The van der Waals surface area contributed by atoms with Crippen molar-refractivity contribution in [2.24, 2.45) is 4.99 Å². The molecule has 2 aliphatic heterocycles. The van der Waals surface area contributed by atoms with Crippen molar-refractivity contribution in [3.05, 3.63) is 29.5 Å². The molecule has 0 atom stereocenters. The molecule has 1 fully saturated rings. The predicted molar refractivity (Wildman–Crippen MR) is 69.8 cm³/mol. The molecule has 2 heterocycles. The number of likely N-dealkylation sites (N-methyl/N-ethyl adjacent to an activating group) is 1. The molecule has 0 aromatic heterocycles. The van der Waals surface area contributed by atoms with Gasteiger partial charge in [-0.1, -0.05) is 6.07 Å². The van der Waals surface area contributed by atoms with Crippen LogP contribution in [0.25, 0.3) is 6.08 Å². The summed E-state index contributed by atoms with van der Waals surface area (Å²) in [5.74, 6) is 1.84. The fourth-order valence-corrected chi connectivity index (χ4v) is 2.01. The highest BCUT2D eigenvalue weighted by molar-refractivity contribution is 6.15. The number of carbonyl (C=O) groups is 1. The maximum absolute atomic E-state index is 12.0. The Morgan fingerprint density at radius 3 is 2.89 bits per heavy atom. The molecule has 0 saturated carbocycles. The lowest BCUT2D eigenvalue weighted by molar-refractivity contribution is -0.121. The Kier molecular flexibility index (Phi) is 2.63. The highest BCUT2D eigenvalue weighted by atomic mass is 16.7. The number of nitrogens with one attached hydrogen (secondary N) is 1. The van der Waals surface area contributed by atoms with Gasteiger partial charge in [0.1, 0.15) is 5.70 Å². The first-order valence-corrected chi connectivity index (χ1v) is 5.82. The molecule has 0 unspecified atom stereocenters. The third-order valence-electron chi connectivity index (χ3n) is 3.02. The van der Waals surface area contributed by atoms with Gasteiger partial charge in [-0.05, 0) is 23.8 Å². The van der Waals surface area contributed by atoms with Crippen molar-refractivity contribution in [1.82, 2.24) is 10.2 Å². The number of amides is 1. The van der Waals surface area contributed by atoms with Gasteiger partial charge in [-0.15, -0.1) is 0 Å². The fourth-order valence-electron chi connectivity index (χ4n) is 2.01. The van der Waals surface area contributed by atoms with E-state index < -0.39 is 0 Å². The fraction of sp³-hybridized carbons (Fsp3) is 0.231. The highest BCUT2D eigenvalue weighted by Crippen LogP contribution is 2.33. The summed E-state index contributed by atoms with van der Waals surface area (Å²) in [4.78, 5) is 17.4. The Morgan fingerprint density at radius 1 is 1.37 bits per heavy atom. The largest absolute Gasteiger partial charge is 0.454 e. The molecule has 1 aromatic carbocycles. The van der Waals surface area contributed by atoms with Crippen LogP contribution in [0.2, 0.25) is 0 Å². The van der Waals surface area contributed by atoms with Gasteiger partial charge in [0, 0.05) is 14.1 Å². The lowest BCUT2D eigenvalue weighted by atomic mass is 10.1. The highest BCUT2D eigenvalue weighted by Gasteiger charge is 2.28.